The van der Waals surface area contributed by atoms with Crippen molar-refractivity contribution in [1.29, 1.82) is 0 Å². The lowest BCUT2D eigenvalue weighted by atomic mass is 10.3. The van der Waals surface area contributed by atoms with E-state index in [4.69, 9.17) is 4.42 Å². The van der Waals surface area contributed by atoms with Crippen molar-refractivity contribution in [3.05, 3.63) is 24.2 Å². The van der Waals surface area contributed by atoms with E-state index in [2.05, 4.69) is 15.6 Å². The molecule has 1 rings (SSSR count). The van der Waals surface area contributed by atoms with Gasteiger partial charge in [-0.1, -0.05) is 13.8 Å². The van der Waals surface area contributed by atoms with Gasteiger partial charge >= 0.3 is 0 Å². The predicted molar refractivity (Wildman–Crippen MR) is 104 cm³/mol. The number of nitrogens with one attached hydrogen (secondary N) is 2. The lowest BCUT2D eigenvalue weighted by molar-refractivity contribution is 0.445. The summed E-state index contributed by atoms with van der Waals surface area (Å²) in [6.07, 6.45) is 2.38. The summed E-state index contributed by atoms with van der Waals surface area (Å²) < 4.78 is 30.8. The second kappa shape index (κ2) is 11.7. The van der Waals surface area contributed by atoms with Gasteiger partial charge in [-0.05, 0) is 12.1 Å². The number of sulfonamides is 1. The molecule has 2 N–H and O–H groups in total. The summed E-state index contributed by atoms with van der Waals surface area (Å²) in [4.78, 5) is 4.07. The van der Waals surface area contributed by atoms with Crippen LogP contribution < -0.4 is 10.6 Å². The van der Waals surface area contributed by atoms with E-state index in [0.717, 1.165) is 12.2 Å². The van der Waals surface area contributed by atoms with E-state index in [1.54, 1.807) is 13.3 Å². The first kappa shape index (κ1) is 22.2. The maximum Gasteiger partial charge on any atom is 0.215 e. The van der Waals surface area contributed by atoms with Gasteiger partial charge in [0.15, 0.2) is 5.96 Å². The number of guanidine groups is 1. The molecular formula is C14H27IN4O3S. The average Bonchev–Trinajstić information content (AvgIpc) is 2.99. The van der Waals surface area contributed by atoms with E-state index in [9.17, 15) is 8.42 Å². The van der Waals surface area contributed by atoms with Gasteiger partial charge in [-0.15, -0.1) is 24.0 Å². The minimum Gasteiger partial charge on any atom is -0.469 e. The molecule has 0 amide bonds. The van der Waals surface area contributed by atoms with E-state index in [1.807, 2.05) is 26.0 Å². The van der Waals surface area contributed by atoms with Gasteiger partial charge in [-0.2, -0.15) is 0 Å². The van der Waals surface area contributed by atoms with Crippen molar-refractivity contribution < 1.29 is 12.8 Å². The molecule has 0 fully saturated rings. The van der Waals surface area contributed by atoms with Crippen molar-refractivity contribution in [2.45, 2.75) is 20.3 Å². The van der Waals surface area contributed by atoms with Crippen LogP contribution in [0.2, 0.25) is 0 Å². The molecule has 0 atom stereocenters. The normalized spacial score (nSPS) is 12.1. The molecule has 0 radical (unpaired) electrons. The standard InChI is InChI=1S/C14H26N4O3S.HI/c1-4-18(5-2)22(19,20)12-10-17-14(15-3)16-9-8-13-7-6-11-21-13;/h6-7,11H,4-5,8-10,12H2,1-3H3,(H2,15,16,17);1H. The monoisotopic (exact) mass is 458 g/mol. The lowest BCUT2D eigenvalue weighted by Crippen LogP contribution is -2.42. The number of aliphatic imine (C=N–C) groups is 1. The van der Waals surface area contributed by atoms with Crippen molar-refractivity contribution in [1.82, 2.24) is 14.9 Å². The average molecular weight is 458 g/mol. The van der Waals surface area contributed by atoms with Crippen LogP contribution >= 0.6 is 24.0 Å². The summed E-state index contributed by atoms with van der Waals surface area (Å²) in [5.41, 5.74) is 0. The van der Waals surface area contributed by atoms with Gasteiger partial charge in [0.25, 0.3) is 0 Å². The van der Waals surface area contributed by atoms with E-state index in [-0.39, 0.29) is 29.7 Å². The van der Waals surface area contributed by atoms with Crippen molar-refractivity contribution >= 4 is 40.0 Å². The molecule has 0 unspecified atom stereocenters. The smallest absolute Gasteiger partial charge is 0.215 e. The van der Waals surface area contributed by atoms with Crippen molar-refractivity contribution in [3.8, 4) is 0 Å². The summed E-state index contributed by atoms with van der Waals surface area (Å²) >= 11 is 0. The second-order valence-corrected chi connectivity index (χ2v) is 6.74. The van der Waals surface area contributed by atoms with Gasteiger partial charge in [-0.25, -0.2) is 12.7 Å². The fourth-order valence-electron chi connectivity index (χ4n) is 2.02. The fourth-order valence-corrected chi connectivity index (χ4v) is 3.43. The van der Waals surface area contributed by atoms with E-state index in [1.165, 1.54) is 4.31 Å². The third kappa shape index (κ3) is 8.02. The molecule has 0 aliphatic heterocycles. The number of halogens is 1. The van der Waals surface area contributed by atoms with Gasteiger partial charge in [0, 0.05) is 39.6 Å². The van der Waals surface area contributed by atoms with Crippen LogP contribution in [0.4, 0.5) is 0 Å². The van der Waals surface area contributed by atoms with E-state index >= 15 is 0 Å². The van der Waals surface area contributed by atoms with Crippen LogP contribution in [0.15, 0.2) is 27.8 Å². The topological polar surface area (TPSA) is 86.9 Å². The molecule has 23 heavy (non-hydrogen) atoms. The first-order valence-electron chi connectivity index (χ1n) is 7.48. The van der Waals surface area contributed by atoms with Crippen LogP contribution in [0.1, 0.15) is 19.6 Å². The zero-order valence-electron chi connectivity index (χ0n) is 13.9. The van der Waals surface area contributed by atoms with Gasteiger partial charge in [0.2, 0.25) is 10.0 Å². The first-order valence-corrected chi connectivity index (χ1v) is 9.09. The van der Waals surface area contributed by atoms with Crippen molar-refractivity contribution in [3.63, 3.8) is 0 Å². The summed E-state index contributed by atoms with van der Waals surface area (Å²) in [5.74, 6) is 1.53. The Morgan fingerprint density at radius 2 is 1.91 bits per heavy atom. The number of nitrogens with zero attached hydrogens (tertiary/aromatic N) is 2. The largest absolute Gasteiger partial charge is 0.469 e. The highest BCUT2D eigenvalue weighted by molar-refractivity contribution is 14.0. The van der Waals surface area contributed by atoms with Crippen LogP contribution in [0, 0.1) is 0 Å². The lowest BCUT2D eigenvalue weighted by Gasteiger charge is -2.19. The molecule has 0 aliphatic rings. The molecule has 1 heterocycles. The van der Waals surface area contributed by atoms with Crippen molar-refractivity contribution in [2.75, 3.05) is 39.0 Å². The Kier molecular flexibility index (Phi) is 11.3. The number of furan rings is 1. The number of hydrogen-bond donors (Lipinski definition) is 2. The summed E-state index contributed by atoms with van der Waals surface area (Å²) in [5, 5.41) is 6.13. The second-order valence-electron chi connectivity index (χ2n) is 4.66. The van der Waals surface area contributed by atoms with Crippen LogP contribution in [-0.4, -0.2) is 57.7 Å². The Hall–Kier alpha value is -0.810. The van der Waals surface area contributed by atoms with Crippen LogP contribution in [0.3, 0.4) is 0 Å². The highest BCUT2D eigenvalue weighted by Gasteiger charge is 2.18. The number of hydrogen-bond acceptors (Lipinski definition) is 4. The minimum atomic E-state index is -3.21. The van der Waals surface area contributed by atoms with Crippen molar-refractivity contribution in [2.24, 2.45) is 4.99 Å². The number of rotatable bonds is 9. The predicted octanol–water partition coefficient (Wildman–Crippen LogP) is 1.28. The maximum atomic E-state index is 12.0. The van der Waals surface area contributed by atoms with E-state index in [0.29, 0.717) is 32.1 Å². The molecule has 0 bridgehead atoms. The minimum absolute atomic E-state index is 0. The highest BCUT2D eigenvalue weighted by Crippen LogP contribution is 2.00. The Morgan fingerprint density at radius 3 is 2.43 bits per heavy atom. The van der Waals surface area contributed by atoms with Gasteiger partial charge < -0.3 is 15.1 Å². The van der Waals surface area contributed by atoms with Crippen LogP contribution in [0.5, 0.6) is 0 Å². The van der Waals surface area contributed by atoms with Gasteiger partial charge in [-0.3, -0.25) is 4.99 Å². The van der Waals surface area contributed by atoms with Gasteiger partial charge in [0.05, 0.1) is 12.0 Å². The highest BCUT2D eigenvalue weighted by atomic mass is 127. The summed E-state index contributed by atoms with van der Waals surface area (Å²) in [7, 11) is -1.56. The molecule has 1 aromatic rings. The SMILES string of the molecule is CCN(CC)S(=O)(=O)CCNC(=NC)NCCc1ccco1.I. The summed E-state index contributed by atoms with van der Waals surface area (Å²) in [6, 6.07) is 3.76. The molecule has 0 saturated heterocycles. The Morgan fingerprint density at radius 1 is 1.26 bits per heavy atom. The third-order valence-corrected chi connectivity index (χ3v) is 5.24. The molecule has 0 aliphatic carbocycles. The Bertz CT molecular complexity index is 542. The molecule has 0 aromatic carbocycles. The first-order chi connectivity index (χ1) is 10.5. The molecule has 0 saturated carbocycles. The quantitative estimate of drug-likeness (QED) is 0.331. The zero-order chi connectivity index (χ0) is 16.4. The van der Waals surface area contributed by atoms with Gasteiger partial charge in [0.1, 0.15) is 5.76 Å². The van der Waals surface area contributed by atoms with Crippen LogP contribution in [0.25, 0.3) is 0 Å². The molecule has 9 heteroatoms. The Balaban J connectivity index is 0.00000484. The van der Waals surface area contributed by atoms with E-state index < -0.39 is 10.0 Å². The Labute approximate surface area is 156 Å². The molecule has 7 nitrogen and oxygen atoms in total. The molecular weight excluding hydrogens is 431 g/mol. The zero-order valence-corrected chi connectivity index (χ0v) is 17.1. The third-order valence-electron chi connectivity index (χ3n) is 3.22. The molecule has 134 valence electrons. The molecule has 1 aromatic heterocycles. The van der Waals surface area contributed by atoms with Crippen LogP contribution in [-0.2, 0) is 16.4 Å². The maximum absolute atomic E-state index is 12.0. The fraction of sp³-hybridized carbons (Fsp3) is 0.643. The molecule has 0 spiro atoms. The summed E-state index contributed by atoms with van der Waals surface area (Å²) in [6.45, 7) is 5.65.